The van der Waals surface area contributed by atoms with Gasteiger partial charge < -0.3 is 15.6 Å². The van der Waals surface area contributed by atoms with Gasteiger partial charge in [-0.25, -0.2) is 9.78 Å². The number of aromatic nitrogens is 2. The predicted molar refractivity (Wildman–Crippen MR) is 184 cm³/mol. The first-order chi connectivity index (χ1) is 20.9. The normalized spacial score (nSPS) is 11.5. The maximum absolute atomic E-state index is 14.1. The van der Waals surface area contributed by atoms with E-state index < -0.39 is 0 Å². The third-order valence-corrected chi connectivity index (χ3v) is 7.88. The minimum absolute atomic E-state index is 0.140. The second kappa shape index (κ2) is 13.9. The van der Waals surface area contributed by atoms with Crippen LogP contribution < -0.4 is 21.1 Å². The van der Waals surface area contributed by atoms with Crippen molar-refractivity contribution in [2.75, 3.05) is 23.8 Å². The molecule has 0 unspecified atom stereocenters. The molecule has 0 bridgehead atoms. The third-order valence-electron chi connectivity index (χ3n) is 7.88. The number of amides is 2. The molecule has 7 heteroatoms. The Bertz CT molecular complexity index is 1730. The van der Waals surface area contributed by atoms with Gasteiger partial charge in [-0.1, -0.05) is 65.0 Å². The fourth-order valence-electron chi connectivity index (χ4n) is 5.02. The summed E-state index contributed by atoms with van der Waals surface area (Å²) in [5, 5.41) is 7.24. The van der Waals surface area contributed by atoms with E-state index in [0.29, 0.717) is 17.9 Å². The highest BCUT2D eigenvalue weighted by Gasteiger charge is 2.24. The molecule has 230 valence electrons. The molecular formula is C37H45N5O2. The number of benzene rings is 2. The molecule has 4 rings (SSSR count). The molecule has 0 fully saturated rings. The summed E-state index contributed by atoms with van der Waals surface area (Å²) in [6, 6.07) is 17.7. The molecule has 7 nitrogen and oxygen atoms in total. The Morgan fingerprint density at radius 2 is 1.70 bits per heavy atom. The van der Waals surface area contributed by atoms with E-state index in [9.17, 15) is 9.59 Å². The van der Waals surface area contributed by atoms with Crippen LogP contribution in [0.4, 0.5) is 16.2 Å². The van der Waals surface area contributed by atoms with Gasteiger partial charge in [-0.15, -0.1) is 0 Å². The van der Waals surface area contributed by atoms with Crippen molar-refractivity contribution in [1.82, 2.24) is 15.3 Å². The van der Waals surface area contributed by atoms with Gasteiger partial charge in [0, 0.05) is 29.4 Å². The van der Waals surface area contributed by atoms with Gasteiger partial charge in [0.1, 0.15) is 11.3 Å². The van der Waals surface area contributed by atoms with Crippen molar-refractivity contribution in [3.63, 3.8) is 0 Å². The van der Waals surface area contributed by atoms with Crippen molar-refractivity contribution in [3.05, 3.63) is 87.8 Å². The van der Waals surface area contributed by atoms with Crippen molar-refractivity contribution in [2.24, 2.45) is 0 Å². The third kappa shape index (κ3) is 7.56. The van der Waals surface area contributed by atoms with Crippen LogP contribution in [0.2, 0.25) is 0 Å². The van der Waals surface area contributed by atoms with Gasteiger partial charge in [-0.3, -0.25) is 9.69 Å². The highest BCUT2D eigenvalue weighted by Crippen LogP contribution is 2.38. The van der Waals surface area contributed by atoms with Gasteiger partial charge in [-0.05, 0) is 104 Å². The molecule has 3 N–H and O–H groups in total. The maximum Gasteiger partial charge on any atom is 0.326 e. The molecule has 4 aromatic rings. The zero-order chi connectivity index (χ0) is 32.0. The van der Waals surface area contributed by atoms with Crippen LogP contribution in [0.3, 0.4) is 0 Å². The Kier molecular flexibility index (Phi) is 10.3. The number of H-pyrrole nitrogens is 1. The number of carbonyl (C=O) groups is 1. The molecule has 0 spiro atoms. The van der Waals surface area contributed by atoms with Crippen molar-refractivity contribution >= 4 is 28.4 Å². The average molecular weight is 592 g/mol. The lowest BCUT2D eigenvalue weighted by Gasteiger charge is -2.27. The van der Waals surface area contributed by atoms with E-state index in [4.69, 9.17) is 0 Å². The van der Waals surface area contributed by atoms with Crippen LogP contribution >= 0.6 is 0 Å². The number of aromatic amines is 1. The second-order valence-electron chi connectivity index (χ2n) is 12.4. The number of fused-ring (bicyclic) bond motifs is 1. The van der Waals surface area contributed by atoms with Crippen molar-refractivity contribution in [1.29, 1.82) is 0 Å². The van der Waals surface area contributed by atoms with Gasteiger partial charge in [-0.2, -0.15) is 0 Å². The zero-order valence-corrected chi connectivity index (χ0v) is 27.3. The lowest BCUT2D eigenvalue weighted by Crippen LogP contribution is -2.39. The van der Waals surface area contributed by atoms with E-state index >= 15 is 0 Å². The van der Waals surface area contributed by atoms with Gasteiger partial charge in [0.15, 0.2) is 0 Å². The largest absolute Gasteiger partial charge is 0.326 e. The number of nitrogens with one attached hydrogen (secondary N) is 3. The lowest BCUT2D eigenvalue weighted by atomic mass is 9.88. The molecule has 0 saturated heterocycles. The Morgan fingerprint density at radius 3 is 2.34 bits per heavy atom. The highest BCUT2D eigenvalue weighted by atomic mass is 16.2. The maximum atomic E-state index is 14.1. The lowest BCUT2D eigenvalue weighted by molar-refractivity contribution is 0.256. The molecule has 0 aliphatic carbocycles. The number of pyridine rings is 2. The number of unbranched alkanes of at least 4 members (excludes halogenated alkanes) is 1. The van der Waals surface area contributed by atoms with Gasteiger partial charge in [0.2, 0.25) is 0 Å². The first-order valence-electron chi connectivity index (χ1n) is 15.5. The monoisotopic (exact) mass is 591 g/mol. The molecule has 2 aromatic carbocycles. The number of nitrogens with zero attached hydrogens (tertiary/aromatic N) is 2. The summed E-state index contributed by atoms with van der Waals surface area (Å²) in [7, 11) is 1.91. The van der Waals surface area contributed by atoms with Crippen molar-refractivity contribution in [2.45, 2.75) is 78.7 Å². The minimum atomic E-state index is -0.341. The number of urea groups is 1. The van der Waals surface area contributed by atoms with Crippen LogP contribution in [0.5, 0.6) is 0 Å². The first-order valence-corrected chi connectivity index (χ1v) is 15.5. The number of hydrogen-bond acceptors (Lipinski definition) is 4. The summed E-state index contributed by atoms with van der Waals surface area (Å²) in [6.45, 7) is 15.1. The summed E-state index contributed by atoms with van der Waals surface area (Å²) in [4.78, 5) is 35.9. The fourth-order valence-corrected chi connectivity index (χ4v) is 5.02. The second-order valence-corrected chi connectivity index (χ2v) is 12.4. The zero-order valence-electron chi connectivity index (χ0n) is 27.3. The van der Waals surface area contributed by atoms with Crippen LogP contribution in [-0.4, -0.2) is 35.1 Å². The average Bonchev–Trinajstić information content (AvgIpc) is 3.00. The van der Waals surface area contributed by atoms with E-state index in [1.807, 2.05) is 31.3 Å². The number of carbonyl (C=O) groups excluding carboxylic acids is 1. The van der Waals surface area contributed by atoms with E-state index in [1.165, 1.54) is 0 Å². The molecule has 0 radical (unpaired) electrons. The SMILES string of the molecule is CCCCN(C(=O)Nc1c(C(C)C)cc(-c2cccc(C#CC(C)(C)NC)c2)cc1C(C)C)c1cc2cccnc2[nH]c1=O. The molecular weight excluding hydrogens is 546 g/mol. The van der Waals surface area contributed by atoms with E-state index in [2.05, 4.69) is 105 Å². The number of anilines is 2. The summed E-state index contributed by atoms with van der Waals surface area (Å²) in [6.07, 6.45) is 3.28. The Labute approximate surface area is 261 Å². The minimum Gasteiger partial charge on any atom is -0.307 e. The standard InChI is InChI=1S/C37H45N5O2/c1-9-10-19-42(32-23-28-15-12-18-39-34(28)41-35(32)43)36(44)40-33-30(24(2)3)21-29(22-31(33)25(4)5)27-14-11-13-26(20-27)16-17-37(6,7)38-8/h11-15,18,20-25,38H,9-10,19H2,1-8H3,(H,40,44)(H,39,41,43). The molecule has 44 heavy (non-hydrogen) atoms. The van der Waals surface area contributed by atoms with E-state index in [1.54, 1.807) is 17.2 Å². The summed E-state index contributed by atoms with van der Waals surface area (Å²) in [5.41, 5.74) is 6.16. The molecule has 0 aliphatic heterocycles. The smallest absolute Gasteiger partial charge is 0.307 e. The Hall–Kier alpha value is -4.41. The Balaban J connectivity index is 1.78. The van der Waals surface area contributed by atoms with Gasteiger partial charge in [0.05, 0.1) is 5.54 Å². The molecule has 0 saturated carbocycles. The summed E-state index contributed by atoms with van der Waals surface area (Å²) >= 11 is 0. The molecule has 0 aliphatic rings. The van der Waals surface area contributed by atoms with Crippen LogP contribution in [-0.2, 0) is 0 Å². The number of hydrogen-bond donors (Lipinski definition) is 3. The predicted octanol–water partition coefficient (Wildman–Crippen LogP) is 8.03. The fraction of sp³-hybridized carbons (Fsp3) is 0.378. The van der Waals surface area contributed by atoms with Gasteiger partial charge in [0.25, 0.3) is 5.56 Å². The van der Waals surface area contributed by atoms with Crippen LogP contribution in [0.15, 0.2) is 65.6 Å². The Morgan fingerprint density at radius 1 is 1.00 bits per heavy atom. The topological polar surface area (TPSA) is 90.1 Å². The summed E-state index contributed by atoms with van der Waals surface area (Å²) in [5.74, 6) is 6.90. The molecule has 2 heterocycles. The summed E-state index contributed by atoms with van der Waals surface area (Å²) < 4.78 is 0. The highest BCUT2D eigenvalue weighted by molar-refractivity contribution is 6.03. The number of rotatable bonds is 9. The first kappa shape index (κ1) is 32.5. The van der Waals surface area contributed by atoms with Crippen molar-refractivity contribution < 1.29 is 4.79 Å². The van der Waals surface area contributed by atoms with Gasteiger partial charge >= 0.3 is 6.03 Å². The molecule has 0 atom stereocenters. The van der Waals surface area contributed by atoms with Crippen LogP contribution in [0.1, 0.15) is 89.8 Å². The molecule has 2 amide bonds. The molecule has 2 aromatic heterocycles. The van der Waals surface area contributed by atoms with Crippen molar-refractivity contribution in [3.8, 4) is 23.0 Å². The van der Waals surface area contributed by atoms with E-state index in [-0.39, 0.29) is 29.0 Å². The van der Waals surface area contributed by atoms with Crippen LogP contribution in [0.25, 0.3) is 22.2 Å². The van der Waals surface area contributed by atoms with E-state index in [0.717, 1.165) is 51.7 Å². The quantitative estimate of drug-likeness (QED) is 0.172. The van der Waals surface area contributed by atoms with Crippen LogP contribution in [0, 0.1) is 11.8 Å².